The lowest BCUT2D eigenvalue weighted by atomic mass is 10.1. The number of piperidine rings is 1. The second-order valence-electron chi connectivity index (χ2n) is 3.41. The van der Waals surface area contributed by atoms with Crippen molar-refractivity contribution in [2.45, 2.75) is 25.3 Å². The van der Waals surface area contributed by atoms with E-state index in [1.165, 1.54) is 11.4 Å². The number of hydrogen-bond acceptors (Lipinski definition) is 4. The summed E-state index contributed by atoms with van der Waals surface area (Å²) in [6, 6.07) is -0.622. The van der Waals surface area contributed by atoms with Crippen LogP contribution >= 0.6 is 0 Å². The van der Waals surface area contributed by atoms with Gasteiger partial charge in [-0.25, -0.2) is 8.42 Å². The first-order valence-electron chi connectivity index (χ1n) is 4.51. The third-order valence-electron chi connectivity index (χ3n) is 2.35. The van der Waals surface area contributed by atoms with Crippen LogP contribution in [-0.2, 0) is 19.6 Å². The Bertz CT molecular complexity index is 311. The third-order valence-corrected chi connectivity index (χ3v) is 3.64. The standard InChI is InChI=1S/C8H15NO4S/c1-13-8(10)7-5-3-4-6-9(7)14(2,11)12/h7H,3-6H2,1-2H3. The van der Waals surface area contributed by atoms with Gasteiger partial charge in [-0.3, -0.25) is 4.79 Å². The Labute approximate surface area is 84.1 Å². The van der Waals surface area contributed by atoms with E-state index in [0.29, 0.717) is 13.0 Å². The van der Waals surface area contributed by atoms with Gasteiger partial charge in [0.25, 0.3) is 0 Å². The minimum absolute atomic E-state index is 0.415. The van der Waals surface area contributed by atoms with Crippen molar-refractivity contribution in [2.24, 2.45) is 0 Å². The Morgan fingerprint density at radius 2 is 2.07 bits per heavy atom. The summed E-state index contributed by atoms with van der Waals surface area (Å²) < 4.78 is 28.5. The molecule has 0 aromatic carbocycles. The maximum atomic E-state index is 11.3. The highest BCUT2D eigenvalue weighted by Gasteiger charge is 2.34. The summed E-state index contributed by atoms with van der Waals surface area (Å²) in [5.41, 5.74) is 0. The predicted molar refractivity (Wildman–Crippen MR) is 51.2 cm³/mol. The van der Waals surface area contributed by atoms with Crippen LogP contribution in [0.3, 0.4) is 0 Å². The molecule has 0 bridgehead atoms. The minimum Gasteiger partial charge on any atom is -0.468 e. The summed E-state index contributed by atoms with van der Waals surface area (Å²) in [5, 5.41) is 0. The fourth-order valence-electron chi connectivity index (χ4n) is 1.67. The maximum Gasteiger partial charge on any atom is 0.324 e. The van der Waals surface area contributed by atoms with Gasteiger partial charge in [0.1, 0.15) is 6.04 Å². The highest BCUT2D eigenvalue weighted by molar-refractivity contribution is 7.88. The van der Waals surface area contributed by atoms with Gasteiger partial charge < -0.3 is 4.74 Å². The second kappa shape index (κ2) is 4.27. The monoisotopic (exact) mass is 221 g/mol. The van der Waals surface area contributed by atoms with E-state index in [1.807, 2.05) is 0 Å². The van der Waals surface area contributed by atoms with Gasteiger partial charge >= 0.3 is 5.97 Å². The summed E-state index contributed by atoms with van der Waals surface area (Å²) in [5.74, 6) is -0.463. The fourth-order valence-corrected chi connectivity index (χ4v) is 2.79. The van der Waals surface area contributed by atoms with Crippen LogP contribution in [0.4, 0.5) is 0 Å². The molecule has 0 saturated carbocycles. The van der Waals surface area contributed by atoms with E-state index in [4.69, 9.17) is 0 Å². The Kier molecular flexibility index (Phi) is 3.49. The molecule has 0 N–H and O–H groups in total. The number of methoxy groups -OCH3 is 1. The zero-order chi connectivity index (χ0) is 10.8. The first-order valence-corrected chi connectivity index (χ1v) is 6.36. The molecule has 0 aliphatic carbocycles. The van der Waals surface area contributed by atoms with Crippen LogP contribution in [0.15, 0.2) is 0 Å². The van der Waals surface area contributed by atoms with Crippen molar-refractivity contribution in [3.8, 4) is 0 Å². The number of ether oxygens (including phenoxy) is 1. The largest absolute Gasteiger partial charge is 0.468 e. The lowest BCUT2D eigenvalue weighted by molar-refractivity contribution is -0.146. The predicted octanol–water partition coefficient (Wildman–Crippen LogP) is -0.0265. The van der Waals surface area contributed by atoms with Crippen LogP contribution in [0.1, 0.15) is 19.3 Å². The zero-order valence-corrected chi connectivity index (χ0v) is 9.21. The third kappa shape index (κ3) is 2.45. The van der Waals surface area contributed by atoms with Crippen LogP contribution in [0.25, 0.3) is 0 Å². The van der Waals surface area contributed by atoms with Crippen molar-refractivity contribution < 1.29 is 17.9 Å². The van der Waals surface area contributed by atoms with Crippen molar-refractivity contribution in [1.82, 2.24) is 4.31 Å². The van der Waals surface area contributed by atoms with Gasteiger partial charge in [0.05, 0.1) is 13.4 Å². The fraction of sp³-hybridized carbons (Fsp3) is 0.875. The molecule has 14 heavy (non-hydrogen) atoms. The molecule has 0 radical (unpaired) electrons. The lowest BCUT2D eigenvalue weighted by Crippen LogP contribution is -2.47. The lowest BCUT2D eigenvalue weighted by Gasteiger charge is -2.31. The quantitative estimate of drug-likeness (QED) is 0.614. The number of esters is 1. The Hall–Kier alpha value is -0.620. The normalized spacial score (nSPS) is 24.6. The molecule has 1 atom stereocenters. The molecule has 0 aromatic heterocycles. The number of carbonyl (C=O) groups excluding carboxylic acids is 1. The number of carbonyl (C=O) groups is 1. The van der Waals surface area contributed by atoms with Crippen molar-refractivity contribution in [3.63, 3.8) is 0 Å². The van der Waals surface area contributed by atoms with Crippen molar-refractivity contribution in [2.75, 3.05) is 19.9 Å². The molecular formula is C8H15NO4S. The summed E-state index contributed by atoms with van der Waals surface area (Å²) in [6.45, 7) is 0.415. The molecule has 0 aromatic rings. The van der Waals surface area contributed by atoms with Crippen LogP contribution in [-0.4, -0.2) is 44.6 Å². The Morgan fingerprint density at radius 1 is 1.43 bits per heavy atom. The van der Waals surface area contributed by atoms with E-state index >= 15 is 0 Å². The average molecular weight is 221 g/mol. The first kappa shape index (κ1) is 11.5. The van der Waals surface area contributed by atoms with Gasteiger partial charge in [-0.1, -0.05) is 0 Å². The molecule has 6 heteroatoms. The van der Waals surface area contributed by atoms with Gasteiger partial charge in [0.2, 0.25) is 10.0 Å². The molecule has 1 aliphatic rings. The maximum absolute atomic E-state index is 11.3. The molecule has 82 valence electrons. The summed E-state index contributed by atoms with van der Waals surface area (Å²) >= 11 is 0. The van der Waals surface area contributed by atoms with Crippen molar-refractivity contribution >= 4 is 16.0 Å². The zero-order valence-electron chi connectivity index (χ0n) is 8.39. The molecule has 0 amide bonds. The number of rotatable bonds is 2. The molecule has 1 rings (SSSR count). The van der Waals surface area contributed by atoms with Crippen LogP contribution in [0, 0.1) is 0 Å². The van der Waals surface area contributed by atoms with Crippen LogP contribution in [0.2, 0.25) is 0 Å². The summed E-state index contributed by atoms with van der Waals surface area (Å²) in [6.07, 6.45) is 3.35. The smallest absolute Gasteiger partial charge is 0.324 e. The Morgan fingerprint density at radius 3 is 2.57 bits per heavy atom. The van der Waals surface area contributed by atoms with Gasteiger partial charge in [-0.2, -0.15) is 4.31 Å². The molecule has 1 saturated heterocycles. The highest BCUT2D eigenvalue weighted by Crippen LogP contribution is 2.20. The van der Waals surface area contributed by atoms with Gasteiger partial charge in [0.15, 0.2) is 0 Å². The van der Waals surface area contributed by atoms with Gasteiger partial charge in [0, 0.05) is 6.54 Å². The van der Waals surface area contributed by atoms with Crippen LogP contribution < -0.4 is 0 Å². The number of nitrogens with zero attached hydrogens (tertiary/aromatic N) is 1. The van der Waals surface area contributed by atoms with Crippen LogP contribution in [0.5, 0.6) is 0 Å². The molecule has 1 heterocycles. The molecule has 0 spiro atoms. The van der Waals surface area contributed by atoms with Crippen molar-refractivity contribution in [1.29, 1.82) is 0 Å². The molecule has 1 fully saturated rings. The van der Waals surface area contributed by atoms with E-state index in [0.717, 1.165) is 19.1 Å². The average Bonchev–Trinajstić information content (AvgIpc) is 2.15. The van der Waals surface area contributed by atoms with E-state index in [2.05, 4.69) is 4.74 Å². The summed E-state index contributed by atoms with van der Waals surface area (Å²) in [4.78, 5) is 11.3. The minimum atomic E-state index is -3.30. The second-order valence-corrected chi connectivity index (χ2v) is 5.34. The van der Waals surface area contributed by atoms with E-state index in [9.17, 15) is 13.2 Å². The molecule has 1 unspecified atom stereocenters. The Balaban J connectivity index is 2.85. The highest BCUT2D eigenvalue weighted by atomic mass is 32.2. The SMILES string of the molecule is COC(=O)C1CCCCN1S(C)(=O)=O. The topological polar surface area (TPSA) is 63.7 Å². The van der Waals surface area contributed by atoms with E-state index in [-0.39, 0.29) is 0 Å². The summed E-state index contributed by atoms with van der Waals surface area (Å²) in [7, 11) is -2.02. The van der Waals surface area contributed by atoms with Gasteiger partial charge in [-0.05, 0) is 19.3 Å². The molecule has 1 aliphatic heterocycles. The number of hydrogen-bond donors (Lipinski definition) is 0. The van der Waals surface area contributed by atoms with Gasteiger partial charge in [-0.15, -0.1) is 0 Å². The molecular weight excluding hydrogens is 206 g/mol. The first-order chi connectivity index (χ1) is 6.46. The molecule has 5 nitrogen and oxygen atoms in total. The van der Waals surface area contributed by atoms with E-state index in [1.54, 1.807) is 0 Å². The van der Waals surface area contributed by atoms with E-state index < -0.39 is 22.0 Å². The number of sulfonamides is 1. The van der Waals surface area contributed by atoms with Crippen molar-refractivity contribution in [3.05, 3.63) is 0 Å².